The van der Waals surface area contributed by atoms with Gasteiger partial charge < -0.3 is 45.6 Å². The Morgan fingerprint density at radius 1 is 0.815 bits per heavy atom. The monoisotopic (exact) mass is 968 g/mol. The second-order valence-corrected chi connectivity index (χ2v) is 22.2. The van der Waals surface area contributed by atoms with Crippen molar-refractivity contribution in [2.75, 3.05) is 78.5 Å². The van der Waals surface area contributed by atoms with Crippen molar-refractivity contribution < 1.29 is 49.9 Å². The largest absolute Gasteiger partial charge is 3.00 e. The van der Waals surface area contributed by atoms with Crippen LogP contribution in [0.1, 0.15) is 119 Å². The SMILES string of the molecule is C[C@H]1[C@H](C)CC[C@]2(C(=O)NCCCC(C(=O)O)N3CCN(CC=O)CCN(CC(=O)[O-])CCN(CC(=O)[O-])CC3)CC[C@]3(C)C(=CCC4[C@@]5(C)CC[C@H](O)C(C)(C)C5CC[C@]43C)[C@H]12.[Ga+3].[OH-]. The third-order valence-electron chi connectivity index (χ3n) is 19.0. The summed E-state index contributed by atoms with van der Waals surface area (Å²) >= 11 is 0. The van der Waals surface area contributed by atoms with E-state index in [9.17, 15) is 44.4 Å². The number of nitrogens with one attached hydrogen (secondary N) is 1. The van der Waals surface area contributed by atoms with Gasteiger partial charge in [-0.15, -0.1) is 0 Å². The first-order chi connectivity index (χ1) is 29.6. The molecule has 0 spiro atoms. The van der Waals surface area contributed by atoms with Crippen molar-refractivity contribution >= 4 is 49.9 Å². The van der Waals surface area contributed by atoms with Crippen molar-refractivity contribution in [3.63, 3.8) is 0 Å². The van der Waals surface area contributed by atoms with Crippen molar-refractivity contribution in [2.24, 2.45) is 56.7 Å². The number of carboxylic acid groups (broad SMARTS) is 3. The summed E-state index contributed by atoms with van der Waals surface area (Å²) in [6.07, 6.45) is 12.6. The van der Waals surface area contributed by atoms with E-state index in [0.717, 1.165) is 64.1 Å². The molecule has 5 aliphatic carbocycles. The first-order valence-corrected chi connectivity index (χ1v) is 24.3. The van der Waals surface area contributed by atoms with Crippen LogP contribution in [0.15, 0.2) is 11.6 Å². The quantitative estimate of drug-likeness (QED) is 0.104. The second kappa shape index (κ2) is 22.0. The molecule has 0 bridgehead atoms. The van der Waals surface area contributed by atoms with Gasteiger partial charge in [-0.2, -0.15) is 0 Å². The van der Waals surface area contributed by atoms with Crippen LogP contribution in [-0.4, -0.2) is 176 Å². The van der Waals surface area contributed by atoms with Gasteiger partial charge in [0.25, 0.3) is 0 Å². The number of aldehydes is 1. The van der Waals surface area contributed by atoms with E-state index >= 15 is 0 Å². The van der Waals surface area contributed by atoms with Crippen LogP contribution in [-0.2, 0) is 24.0 Å². The fraction of sp³-hybridized carbons (Fsp3) is 0.857. The van der Waals surface area contributed by atoms with Gasteiger partial charge in [0.05, 0.1) is 30.0 Å². The third-order valence-corrected chi connectivity index (χ3v) is 19.0. The zero-order valence-electron chi connectivity index (χ0n) is 40.5. The van der Waals surface area contributed by atoms with Gasteiger partial charge in [0.1, 0.15) is 12.3 Å². The molecule has 1 saturated heterocycles. The Morgan fingerprint density at radius 3 is 1.98 bits per heavy atom. The van der Waals surface area contributed by atoms with E-state index in [1.54, 1.807) is 9.80 Å². The van der Waals surface area contributed by atoms with Crippen LogP contribution >= 0.6 is 0 Å². The summed E-state index contributed by atoms with van der Waals surface area (Å²) in [5.41, 5.74) is 1.05. The van der Waals surface area contributed by atoms with Crippen LogP contribution < -0.4 is 15.5 Å². The van der Waals surface area contributed by atoms with Crippen LogP contribution in [0.25, 0.3) is 0 Å². The van der Waals surface area contributed by atoms with E-state index in [0.29, 0.717) is 62.8 Å². The van der Waals surface area contributed by atoms with Crippen molar-refractivity contribution in [1.29, 1.82) is 0 Å². The van der Waals surface area contributed by atoms with Gasteiger partial charge in [0.15, 0.2) is 0 Å². The number of amides is 1. The summed E-state index contributed by atoms with van der Waals surface area (Å²) in [7, 11) is 0. The Kier molecular flexibility index (Phi) is 18.7. The number of aliphatic carboxylic acids is 3. The minimum Gasteiger partial charge on any atom is -0.870 e. The molecule has 3 unspecified atom stereocenters. The smallest absolute Gasteiger partial charge is 0.870 e. The molecule has 0 aromatic carbocycles. The molecular formula is C49H80GaN5O10. The summed E-state index contributed by atoms with van der Waals surface area (Å²) in [4.78, 5) is 69.6. The van der Waals surface area contributed by atoms with Gasteiger partial charge in [-0.1, -0.05) is 60.1 Å². The molecule has 15 nitrogen and oxygen atoms in total. The normalized spacial score (nSPS) is 37.6. The summed E-state index contributed by atoms with van der Waals surface area (Å²) in [6, 6.07) is -0.907. The van der Waals surface area contributed by atoms with E-state index in [4.69, 9.17) is 0 Å². The molecule has 65 heavy (non-hydrogen) atoms. The maximum atomic E-state index is 14.9. The molecule has 0 aromatic heterocycles. The predicted molar refractivity (Wildman–Crippen MR) is 243 cm³/mol. The molecule has 16 heteroatoms. The molecule has 11 atom stereocenters. The van der Waals surface area contributed by atoms with Crippen LogP contribution in [0, 0.1) is 56.7 Å². The van der Waals surface area contributed by atoms with Crippen LogP contribution in [0.2, 0.25) is 0 Å². The summed E-state index contributed by atoms with van der Waals surface area (Å²) in [6.45, 7) is 18.9. The van der Waals surface area contributed by atoms with E-state index in [2.05, 4.69) is 59.9 Å². The van der Waals surface area contributed by atoms with Gasteiger partial charge in [-0.05, 0) is 122 Å². The second-order valence-electron chi connectivity index (χ2n) is 22.2. The van der Waals surface area contributed by atoms with E-state index in [-0.39, 0.29) is 117 Å². The van der Waals surface area contributed by atoms with Gasteiger partial charge in [-0.3, -0.25) is 29.2 Å². The maximum absolute atomic E-state index is 14.9. The molecule has 1 amide bonds. The first kappa shape index (κ1) is 55.3. The van der Waals surface area contributed by atoms with E-state index in [1.807, 2.05) is 9.80 Å². The number of hydrogen-bond donors (Lipinski definition) is 3. The minimum atomic E-state index is -1.28. The number of hydrogen-bond acceptors (Lipinski definition) is 13. The molecular weight excluding hydrogens is 888 g/mol. The first-order valence-electron chi connectivity index (χ1n) is 24.3. The topological polar surface area (TPSA) is 227 Å². The summed E-state index contributed by atoms with van der Waals surface area (Å²) in [5, 5.41) is 48.2. The number of fused-ring (bicyclic) bond motifs is 7. The zero-order chi connectivity index (χ0) is 46.1. The fourth-order valence-corrected chi connectivity index (χ4v) is 14.8. The third kappa shape index (κ3) is 10.8. The molecule has 4 N–H and O–H groups in total. The number of carboxylic acids is 3. The molecule has 4 saturated carbocycles. The van der Waals surface area contributed by atoms with Gasteiger partial charge >= 0.3 is 25.8 Å². The number of carbonyl (C=O) groups excluding carboxylic acids is 4. The Hall–Kier alpha value is -2.31. The Morgan fingerprint density at radius 2 is 1.40 bits per heavy atom. The molecule has 364 valence electrons. The Balaban J connectivity index is 0.00000462. The molecule has 5 fully saturated rings. The maximum Gasteiger partial charge on any atom is 3.00 e. The van der Waals surface area contributed by atoms with Crippen LogP contribution in [0.4, 0.5) is 0 Å². The van der Waals surface area contributed by atoms with Crippen LogP contribution in [0.5, 0.6) is 0 Å². The molecule has 6 aliphatic rings. The predicted octanol–water partition coefficient (Wildman–Crippen LogP) is 1.72. The van der Waals surface area contributed by atoms with E-state index in [1.165, 1.54) is 5.57 Å². The number of allylic oxidation sites excluding steroid dienone is 2. The fourth-order valence-electron chi connectivity index (χ4n) is 14.8. The van der Waals surface area contributed by atoms with Crippen molar-refractivity contribution in [2.45, 2.75) is 131 Å². The van der Waals surface area contributed by atoms with Gasteiger partial charge in [0, 0.05) is 72.0 Å². The van der Waals surface area contributed by atoms with Crippen molar-refractivity contribution in [3.8, 4) is 0 Å². The molecule has 1 aliphatic heterocycles. The van der Waals surface area contributed by atoms with Gasteiger partial charge in [0.2, 0.25) is 5.91 Å². The standard InChI is InChI=1S/C49H81N5O9.Ga.H2O/c1-33-12-17-49(19-18-47(6)35(42(49)34(33)2)10-11-38-46(5)15-14-39(56)45(3,4)37(46)13-16-48(38,47)7)44(63)50-20-8-9-36(43(61)62)54-27-25-51(29-30-55)21-22-52(31-40(57)58)23-24-53(26-28-54)32-41(59)60;;/h10,30,33-34,36-39,42,56H,8-9,11-29,31-32H2,1-7H3,(H,50,63)(H,57,58)(H,59,60)(H,61,62);;1H2/q;+3;/p-3/t33-,34+,36?,37?,38?,39+,42+,46+,47-,48-,49+;;/m1../s1. The average Bonchev–Trinajstić information content (AvgIpc) is 3.20. The molecule has 6 rings (SSSR count). The Bertz CT molecular complexity index is 1730. The van der Waals surface area contributed by atoms with E-state index < -0.39 is 29.4 Å². The summed E-state index contributed by atoms with van der Waals surface area (Å²) < 4.78 is 0. The number of aliphatic hydroxyl groups excluding tert-OH is 1. The number of rotatable bonds is 13. The van der Waals surface area contributed by atoms with Gasteiger partial charge in [-0.25, -0.2) is 0 Å². The summed E-state index contributed by atoms with van der Waals surface area (Å²) in [5.74, 6) is -1.51. The minimum absolute atomic E-state index is 0. The van der Waals surface area contributed by atoms with Crippen molar-refractivity contribution in [3.05, 3.63) is 11.6 Å². The number of aliphatic hydroxyl groups is 1. The zero-order valence-corrected chi connectivity index (χ0v) is 42.9. The number of carbonyl (C=O) groups is 5. The molecule has 1 heterocycles. The average molecular weight is 969 g/mol. The van der Waals surface area contributed by atoms with Crippen LogP contribution in [0.3, 0.4) is 0 Å². The molecule has 0 aromatic rings. The van der Waals surface area contributed by atoms with Crippen molar-refractivity contribution in [1.82, 2.24) is 24.9 Å². The molecule has 0 radical (unpaired) electrons. The number of nitrogens with zero attached hydrogens (tertiary/aromatic N) is 4. The Labute approximate surface area is 401 Å².